The number of carboxylic acid groups (broad SMARTS) is 1. The van der Waals surface area contributed by atoms with Crippen LogP contribution < -0.4 is 15.0 Å². The molecule has 1 aliphatic rings. The summed E-state index contributed by atoms with van der Waals surface area (Å²) >= 11 is 0. The van der Waals surface area contributed by atoms with Crippen LogP contribution in [0.3, 0.4) is 0 Å². The lowest BCUT2D eigenvalue weighted by Gasteiger charge is -2.27. The number of carbonyl (C=O) groups excluding carboxylic acids is 3. The molecule has 3 aromatic carbocycles. The highest BCUT2D eigenvalue weighted by Crippen LogP contribution is 2.27. The van der Waals surface area contributed by atoms with Crippen LogP contribution in [-0.4, -0.2) is 28.9 Å². The molecule has 0 unspecified atom stereocenters. The number of imide groups is 2. The molecule has 0 radical (unpaired) electrons. The molecule has 1 heterocycles. The van der Waals surface area contributed by atoms with Crippen molar-refractivity contribution in [3.8, 4) is 5.75 Å². The standard InChI is InChI=1S/C30H26N2O6/c1-4-5-23-15-21(9-13-26(23)38-17-20-7-10-22(11-8-20)29(35)36)16-25-27(33)31-30(37)32(28(25)34)24-12-6-18(2)19(3)14-24/h4,6-16H,1,5,17H2,2-3H3,(H,35,36)(H,31,33,37)/b25-16+. The van der Waals surface area contributed by atoms with Crippen LogP contribution in [0.15, 0.2) is 78.9 Å². The summed E-state index contributed by atoms with van der Waals surface area (Å²) in [5.74, 6) is -1.89. The van der Waals surface area contributed by atoms with Crippen molar-refractivity contribution in [2.24, 2.45) is 0 Å². The molecule has 1 fully saturated rings. The van der Waals surface area contributed by atoms with E-state index in [1.54, 1.807) is 48.5 Å². The van der Waals surface area contributed by atoms with Crippen molar-refractivity contribution >= 4 is 35.6 Å². The van der Waals surface area contributed by atoms with Crippen molar-refractivity contribution in [3.63, 3.8) is 0 Å². The van der Waals surface area contributed by atoms with Crippen LogP contribution in [-0.2, 0) is 22.6 Å². The zero-order valence-electron chi connectivity index (χ0n) is 21.0. The number of barbiturate groups is 1. The molecule has 4 rings (SSSR count). The zero-order chi connectivity index (χ0) is 27.4. The van der Waals surface area contributed by atoms with Crippen LogP contribution >= 0.6 is 0 Å². The van der Waals surface area contributed by atoms with E-state index in [1.165, 1.54) is 18.2 Å². The summed E-state index contributed by atoms with van der Waals surface area (Å²) in [6, 6.07) is 16.0. The number of anilines is 1. The van der Waals surface area contributed by atoms with Gasteiger partial charge in [0.1, 0.15) is 17.9 Å². The van der Waals surface area contributed by atoms with E-state index in [-0.39, 0.29) is 17.7 Å². The second kappa shape index (κ2) is 11.0. The van der Waals surface area contributed by atoms with Crippen molar-refractivity contribution in [2.75, 3.05) is 4.90 Å². The largest absolute Gasteiger partial charge is 0.489 e. The fourth-order valence-corrected chi connectivity index (χ4v) is 3.97. The van der Waals surface area contributed by atoms with Gasteiger partial charge in [-0.15, -0.1) is 6.58 Å². The highest BCUT2D eigenvalue weighted by molar-refractivity contribution is 6.39. The van der Waals surface area contributed by atoms with Gasteiger partial charge in [0.05, 0.1) is 11.3 Å². The lowest BCUT2D eigenvalue weighted by Crippen LogP contribution is -2.54. The first-order valence-corrected chi connectivity index (χ1v) is 11.9. The van der Waals surface area contributed by atoms with E-state index in [4.69, 9.17) is 9.84 Å². The number of aromatic carboxylic acids is 1. The monoisotopic (exact) mass is 510 g/mol. The second-order valence-corrected chi connectivity index (χ2v) is 8.88. The van der Waals surface area contributed by atoms with E-state index in [0.717, 1.165) is 27.2 Å². The molecule has 192 valence electrons. The maximum absolute atomic E-state index is 13.2. The van der Waals surface area contributed by atoms with Crippen molar-refractivity contribution in [3.05, 3.63) is 112 Å². The Morgan fingerprint density at radius 2 is 1.74 bits per heavy atom. The third kappa shape index (κ3) is 5.54. The average molecular weight is 511 g/mol. The first-order valence-electron chi connectivity index (χ1n) is 11.9. The van der Waals surface area contributed by atoms with Gasteiger partial charge < -0.3 is 9.84 Å². The molecule has 0 spiro atoms. The number of nitrogens with zero attached hydrogens (tertiary/aromatic N) is 1. The fourth-order valence-electron chi connectivity index (χ4n) is 3.97. The molecule has 0 saturated carbocycles. The Kier molecular flexibility index (Phi) is 7.53. The summed E-state index contributed by atoms with van der Waals surface area (Å²) in [5.41, 5.74) is 4.48. The van der Waals surface area contributed by atoms with Crippen LogP contribution in [0.5, 0.6) is 5.75 Å². The van der Waals surface area contributed by atoms with Crippen molar-refractivity contribution in [1.29, 1.82) is 0 Å². The van der Waals surface area contributed by atoms with E-state index < -0.39 is 23.8 Å². The first kappa shape index (κ1) is 26.1. The van der Waals surface area contributed by atoms with Crippen molar-refractivity contribution in [2.45, 2.75) is 26.9 Å². The van der Waals surface area contributed by atoms with Gasteiger partial charge in [0.25, 0.3) is 11.8 Å². The Balaban J connectivity index is 1.59. The molecule has 1 aliphatic heterocycles. The fraction of sp³-hybridized carbons (Fsp3) is 0.133. The number of aryl methyl sites for hydroxylation is 2. The van der Waals surface area contributed by atoms with Crippen molar-refractivity contribution < 1.29 is 29.0 Å². The molecule has 0 atom stereocenters. The van der Waals surface area contributed by atoms with Crippen LogP contribution in [0.2, 0.25) is 0 Å². The predicted molar refractivity (Wildman–Crippen MR) is 143 cm³/mol. The van der Waals surface area contributed by atoms with Gasteiger partial charge in [0.2, 0.25) is 0 Å². The minimum Gasteiger partial charge on any atom is -0.489 e. The number of hydrogen-bond acceptors (Lipinski definition) is 5. The van der Waals surface area contributed by atoms with Crippen LogP contribution in [0, 0.1) is 13.8 Å². The Morgan fingerprint density at radius 1 is 1.00 bits per heavy atom. The molecule has 4 amide bonds. The van der Waals surface area contributed by atoms with Gasteiger partial charge in [-0.25, -0.2) is 14.5 Å². The topological polar surface area (TPSA) is 113 Å². The molecular formula is C30H26N2O6. The number of amides is 4. The SMILES string of the molecule is C=CCc1cc(/C=C2\C(=O)NC(=O)N(c3ccc(C)c(C)c3)C2=O)ccc1OCc1ccc(C(=O)O)cc1. The number of hydrogen-bond donors (Lipinski definition) is 2. The second-order valence-electron chi connectivity index (χ2n) is 8.88. The Labute approximate surface area is 219 Å². The molecule has 8 heteroatoms. The van der Waals surface area contributed by atoms with Crippen LogP contribution in [0.25, 0.3) is 6.08 Å². The number of carbonyl (C=O) groups is 4. The minimum atomic E-state index is -0.998. The summed E-state index contributed by atoms with van der Waals surface area (Å²) in [5, 5.41) is 11.3. The maximum atomic E-state index is 13.2. The summed E-state index contributed by atoms with van der Waals surface area (Å²) in [6.45, 7) is 7.81. The van der Waals surface area contributed by atoms with Gasteiger partial charge in [-0.1, -0.05) is 30.3 Å². The van der Waals surface area contributed by atoms with Gasteiger partial charge in [-0.2, -0.15) is 0 Å². The highest BCUT2D eigenvalue weighted by Gasteiger charge is 2.36. The van der Waals surface area contributed by atoms with E-state index in [9.17, 15) is 19.2 Å². The molecule has 0 aliphatic carbocycles. The van der Waals surface area contributed by atoms with E-state index in [0.29, 0.717) is 23.4 Å². The molecule has 0 aromatic heterocycles. The first-order chi connectivity index (χ1) is 18.2. The van der Waals surface area contributed by atoms with Crippen LogP contribution in [0.1, 0.15) is 38.2 Å². The van der Waals surface area contributed by atoms with Gasteiger partial charge in [0, 0.05) is 0 Å². The number of benzene rings is 3. The zero-order valence-corrected chi connectivity index (χ0v) is 21.0. The summed E-state index contributed by atoms with van der Waals surface area (Å²) in [4.78, 5) is 50.4. The Bertz CT molecular complexity index is 1490. The van der Waals surface area contributed by atoms with E-state index in [2.05, 4.69) is 11.9 Å². The van der Waals surface area contributed by atoms with Gasteiger partial charge in [-0.3, -0.25) is 14.9 Å². The summed E-state index contributed by atoms with van der Waals surface area (Å²) in [6.07, 6.45) is 3.62. The lowest BCUT2D eigenvalue weighted by molar-refractivity contribution is -0.122. The smallest absolute Gasteiger partial charge is 0.335 e. The maximum Gasteiger partial charge on any atom is 0.335 e. The Hall–Kier alpha value is -4.98. The molecule has 38 heavy (non-hydrogen) atoms. The molecule has 3 aromatic rings. The third-order valence-corrected chi connectivity index (χ3v) is 6.21. The minimum absolute atomic E-state index is 0.167. The Morgan fingerprint density at radius 3 is 2.39 bits per heavy atom. The number of carboxylic acids is 1. The number of ether oxygens (including phenoxy) is 1. The number of nitrogens with one attached hydrogen (secondary N) is 1. The van der Waals surface area contributed by atoms with Gasteiger partial charge in [0.15, 0.2) is 0 Å². The molecular weight excluding hydrogens is 484 g/mol. The molecule has 8 nitrogen and oxygen atoms in total. The summed E-state index contributed by atoms with van der Waals surface area (Å²) < 4.78 is 5.96. The molecule has 0 bridgehead atoms. The van der Waals surface area contributed by atoms with Crippen LogP contribution in [0.4, 0.5) is 10.5 Å². The van der Waals surface area contributed by atoms with Gasteiger partial charge in [-0.05, 0) is 90.6 Å². The average Bonchev–Trinajstić information content (AvgIpc) is 2.88. The van der Waals surface area contributed by atoms with E-state index >= 15 is 0 Å². The molecule has 2 N–H and O–H groups in total. The normalized spacial score (nSPS) is 14.4. The van der Waals surface area contributed by atoms with Crippen molar-refractivity contribution in [1.82, 2.24) is 5.32 Å². The number of urea groups is 1. The number of allylic oxidation sites excluding steroid dienone is 1. The molecule has 1 saturated heterocycles. The van der Waals surface area contributed by atoms with Gasteiger partial charge >= 0.3 is 12.0 Å². The lowest BCUT2D eigenvalue weighted by atomic mass is 10.0. The highest BCUT2D eigenvalue weighted by atomic mass is 16.5. The quantitative estimate of drug-likeness (QED) is 0.251. The predicted octanol–water partition coefficient (Wildman–Crippen LogP) is 4.98. The third-order valence-electron chi connectivity index (χ3n) is 6.21. The van der Waals surface area contributed by atoms with E-state index in [1.807, 2.05) is 19.9 Å². The summed E-state index contributed by atoms with van der Waals surface area (Å²) in [7, 11) is 0. The number of rotatable bonds is 8.